The number of allylic oxidation sites excluding steroid dienone is 1. The van der Waals surface area contributed by atoms with E-state index in [-0.39, 0.29) is 21.2 Å². The minimum Gasteiger partial charge on any atom is -0.298 e. The largest absolute Gasteiger partial charge is 0.399 e. The minimum absolute atomic E-state index is 0.0879. The Labute approximate surface area is 168 Å². The van der Waals surface area contributed by atoms with Gasteiger partial charge in [-0.05, 0) is 29.8 Å². The lowest BCUT2D eigenvalue weighted by molar-refractivity contribution is -0.139. The number of halogens is 5. The Hall–Kier alpha value is -2.64. The van der Waals surface area contributed by atoms with Gasteiger partial charge in [0.2, 0.25) is 0 Å². The molecule has 0 aliphatic carbocycles. The standard InChI is InChI=1S/C19H12Cl2F3N3O/c20-15-6-14(7-16(21)8-15)17(19(22,23)24)5-4-12-2-1-3-13(9-28)18(12)27-11-25-10-26-27/h1-11,17H/b5-4+. The molecule has 0 saturated carbocycles. The number of hydrogen-bond acceptors (Lipinski definition) is 3. The first kappa shape index (κ1) is 20.1. The average Bonchev–Trinajstić information content (AvgIpc) is 3.13. The molecular weight excluding hydrogens is 414 g/mol. The minimum atomic E-state index is -4.57. The molecule has 0 amide bonds. The molecule has 0 spiro atoms. The summed E-state index contributed by atoms with van der Waals surface area (Å²) in [7, 11) is 0. The molecule has 0 radical (unpaired) electrons. The first-order valence-corrected chi connectivity index (χ1v) is 8.69. The van der Waals surface area contributed by atoms with Crippen molar-refractivity contribution in [3.63, 3.8) is 0 Å². The van der Waals surface area contributed by atoms with Crippen LogP contribution in [0.2, 0.25) is 10.0 Å². The number of nitrogens with zero attached hydrogens (tertiary/aromatic N) is 3. The maximum Gasteiger partial charge on any atom is 0.399 e. The number of rotatable bonds is 5. The van der Waals surface area contributed by atoms with Gasteiger partial charge in [0.25, 0.3) is 0 Å². The molecule has 1 heterocycles. The third-order valence-corrected chi connectivity index (χ3v) is 4.37. The number of aromatic nitrogens is 3. The van der Waals surface area contributed by atoms with E-state index in [1.807, 2.05) is 0 Å². The zero-order valence-corrected chi connectivity index (χ0v) is 15.6. The second-order valence-corrected chi connectivity index (χ2v) is 6.70. The van der Waals surface area contributed by atoms with E-state index in [0.717, 1.165) is 6.08 Å². The maximum atomic E-state index is 13.7. The maximum absolute atomic E-state index is 13.7. The fourth-order valence-corrected chi connectivity index (χ4v) is 3.30. The van der Waals surface area contributed by atoms with E-state index in [0.29, 0.717) is 17.5 Å². The molecule has 2 aromatic carbocycles. The van der Waals surface area contributed by atoms with Gasteiger partial charge < -0.3 is 0 Å². The normalized spacial score (nSPS) is 13.0. The van der Waals surface area contributed by atoms with Crippen molar-refractivity contribution in [2.24, 2.45) is 0 Å². The van der Waals surface area contributed by atoms with E-state index >= 15 is 0 Å². The van der Waals surface area contributed by atoms with Crippen LogP contribution in [0.1, 0.15) is 27.4 Å². The van der Waals surface area contributed by atoms with Crippen LogP contribution in [0, 0.1) is 0 Å². The molecule has 28 heavy (non-hydrogen) atoms. The zero-order valence-electron chi connectivity index (χ0n) is 14.1. The first-order valence-electron chi connectivity index (χ1n) is 7.93. The number of alkyl halides is 3. The summed E-state index contributed by atoms with van der Waals surface area (Å²) in [5, 5.41) is 4.18. The molecule has 4 nitrogen and oxygen atoms in total. The van der Waals surface area contributed by atoms with Gasteiger partial charge in [-0.15, -0.1) is 0 Å². The quantitative estimate of drug-likeness (QED) is 0.489. The predicted molar refractivity (Wildman–Crippen MR) is 101 cm³/mol. The van der Waals surface area contributed by atoms with Crippen LogP contribution in [-0.4, -0.2) is 27.2 Å². The summed E-state index contributed by atoms with van der Waals surface area (Å²) in [5.41, 5.74) is 0.880. The molecule has 3 aromatic rings. The fourth-order valence-electron chi connectivity index (χ4n) is 2.76. The monoisotopic (exact) mass is 425 g/mol. The molecule has 0 aliphatic heterocycles. The number of para-hydroxylation sites is 1. The highest BCUT2D eigenvalue weighted by Gasteiger charge is 2.39. The number of carbonyl (C=O) groups is 1. The van der Waals surface area contributed by atoms with Crippen LogP contribution in [-0.2, 0) is 0 Å². The Bertz CT molecular complexity index is 998. The summed E-state index contributed by atoms with van der Waals surface area (Å²) in [4.78, 5) is 15.2. The SMILES string of the molecule is O=Cc1cccc(/C=C/C(c2cc(Cl)cc(Cl)c2)C(F)(F)F)c1-n1cncn1. The van der Waals surface area contributed by atoms with Crippen LogP contribution in [0.25, 0.3) is 11.8 Å². The molecule has 0 N–H and O–H groups in total. The van der Waals surface area contributed by atoms with Gasteiger partial charge in [0.05, 0.1) is 11.6 Å². The Morgan fingerprint density at radius 3 is 2.32 bits per heavy atom. The summed E-state index contributed by atoms with van der Waals surface area (Å²) in [5.74, 6) is -1.94. The summed E-state index contributed by atoms with van der Waals surface area (Å²) < 4.78 is 42.3. The average molecular weight is 426 g/mol. The van der Waals surface area contributed by atoms with E-state index in [1.165, 1.54) is 41.6 Å². The van der Waals surface area contributed by atoms with Crippen molar-refractivity contribution in [2.45, 2.75) is 12.1 Å². The highest BCUT2D eigenvalue weighted by molar-refractivity contribution is 6.34. The molecule has 0 aliphatic rings. The molecule has 144 valence electrons. The number of hydrogen-bond donors (Lipinski definition) is 0. The highest BCUT2D eigenvalue weighted by Crippen LogP contribution is 2.38. The highest BCUT2D eigenvalue weighted by atomic mass is 35.5. The van der Waals surface area contributed by atoms with Gasteiger partial charge in [0.1, 0.15) is 12.7 Å². The van der Waals surface area contributed by atoms with Crippen LogP contribution < -0.4 is 0 Å². The van der Waals surface area contributed by atoms with Crippen molar-refractivity contribution >= 4 is 35.6 Å². The van der Waals surface area contributed by atoms with Crippen LogP contribution >= 0.6 is 23.2 Å². The fraction of sp³-hybridized carbons (Fsp3) is 0.105. The Morgan fingerprint density at radius 2 is 1.75 bits per heavy atom. The van der Waals surface area contributed by atoms with Gasteiger partial charge in [0.15, 0.2) is 6.29 Å². The third-order valence-electron chi connectivity index (χ3n) is 3.94. The summed E-state index contributed by atoms with van der Waals surface area (Å²) >= 11 is 11.7. The zero-order chi connectivity index (χ0) is 20.3. The van der Waals surface area contributed by atoms with Crippen LogP contribution in [0.15, 0.2) is 55.1 Å². The lowest BCUT2D eigenvalue weighted by atomic mass is 9.96. The van der Waals surface area contributed by atoms with Gasteiger partial charge in [-0.1, -0.05) is 47.5 Å². The van der Waals surface area contributed by atoms with Crippen molar-refractivity contribution in [1.29, 1.82) is 0 Å². The van der Waals surface area contributed by atoms with Crippen LogP contribution in [0.4, 0.5) is 13.2 Å². The molecule has 1 unspecified atom stereocenters. The Kier molecular flexibility index (Phi) is 5.86. The predicted octanol–water partition coefficient (Wildman–Crippen LogP) is 5.75. The number of carbonyl (C=O) groups excluding carboxylic acids is 1. The van der Waals surface area contributed by atoms with Crippen molar-refractivity contribution < 1.29 is 18.0 Å². The van der Waals surface area contributed by atoms with Crippen LogP contribution in [0.3, 0.4) is 0 Å². The van der Waals surface area contributed by atoms with Crippen molar-refractivity contribution in [3.8, 4) is 5.69 Å². The van der Waals surface area contributed by atoms with Gasteiger partial charge in [-0.25, -0.2) is 9.67 Å². The lowest BCUT2D eigenvalue weighted by Crippen LogP contribution is -2.19. The molecular formula is C19H12Cl2F3N3O. The van der Waals surface area contributed by atoms with Crippen molar-refractivity contribution in [2.75, 3.05) is 0 Å². The van der Waals surface area contributed by atoms with E-state index in [1.54, 1.807) is 18.2 Å². The van der Waals surface area contributed by atoms with E-state index in [9.17, 15) is 18.0 Å². The molecule has 0 bridgehead atoms. The molecule has 1 atom stereocenters. The summed E-state index contributed by atoms with van der Waals surface area (Å²) in [6.45, 7) is 0. The van der Waals surface area contributed by atoms with E-state index in [4.69, 9.17) is 23.2 Å². The molecule has 0 saturated heterocycles. The number of benzene rings is 2. The Morgan fingerprint density at radius 1 is 1.07 bits per heavy atom. The van der Waals surface area contributed by atoms with Gasteiger partial charge in [-0.3, -0.25) is 4.79 Å². The summed E-state index contributed by atoms with van der Waals surface area (Å²) in [6, 6.07) is 8.49. The van der Waals surface area contributed by atoms with E-state index in [2.05, 4.69) is 10.1 Å². The lowest BCUT2D eigenvalue weighted by Gasteiger charge is -2.18. The van der Waals surface area contributed by atoms with Crippen LogP contribution in [0.5, 0.6) is 0 Å². The second kappa shape index (κ2) is 8.16. The molecule has 1 aromatic heterocycles. The van der Waals surface area contributed by atoms with Crippen molar-refractivity contribution in [1.82, 2.24) is 14.8 Å². The smallest absolute Gasteiger partial charge is 0.298 e. The first-order chi connectivity index (χ1) is 13.3. The second-order valence-electron chi connectivity index (χ2n) is 5.82. The Balaban J connectivity index is 2.09. The third kappa shape index (κ3) is 4.43. The van der Waals surface area contributed by atoms with Gasteiger partial charge >= 0.3 is 6.18 Å². The van der Waals surface area contributed by atoms with E-state index < -0.39 is 12.1 Å². The molecule has 9 heteroatoms. The number of aldehydes is 1. The topological polar surface area (TPSA) is 47.8 Å². The van der Waals surface area contributed by atoms with Crippen molar-refractivity contribution in [3.05, 3.63) is 81.9 Å². The van der Waals surface area contributed by atoms with Gasteiger partial charge in [0, 0.05) is 21.2 Å². The molecule has 0 fully saturated rings. The van der Waals surface area contributed by atoms with Gasteiger partial charge in [-0.2, -0.15) is 18.3 Å². The summed E-state index contributed by atoms with van der Waals surface area (Å²) in [6.07, 6.45) is 0.940. The molecule has 3 rings (SSSR count).